The number of anilines is 6. The van der Waals surface area contributed by atoms with E-state index >= 15 is 0 Å². The van der Waals surface area contributed by atoms with Crippen LogP contribution in [0.2, 0.25) is 0 Å². The summed E-state index contributed by atoms with van der Waals surface area (Å²) in [5.41, 5.74) is 8.28. The molecule has 0 spiro atoms. The Morgan fingerprint density at radius 3 is 2.36 bits per heavy atom. The number of methoxy groups -OCH3 is 1. The Morgan fingerprint density at radius 1 is 0.956 bits per heavy atom. The second kappa shape index (κ2) is 13.3. The van der Waals surface area contributed by atoms with Gasteiger partial charge in [0.05, 0.1) is 52.6 Å². The third kappa shape index (κ3) is 6.33. The quantitative estimate of drug-likeness (QED) is 0.0949. The van der Waals surface area contributed by atoms with Gasteiger partial charge in [-0.2, -0.15) is 4.98 Å². The topological polar surface area (TPSA) is 77.0 Å². The van der Waals surface area contributed by atoms with E-state index in [1.807, 2.05) is 24.2 Å². The number of ether oxygens (including phenoxy) is 1. The van der Waals surface area contributed by atoms with Crippen LogP contribution in [-0.2, 0) is 0 Å². The first-order chi connectivity index (χ1) is 21.7. The first-order valence-corrected chi connectivity index (χ1v) is 17.5. The van der Waals surface area contributed by atoms with Crippen LogP contribution in [0.5, 0.6) is 5.75 Å². The van der Waals surface area contributed by atoms with Gasteiger partial charge < -0.3 is 23.7 Å². The fraction of sp³-hybridized carbons (Fsp3) is 0.455. The Labute approximate surface area is 284 Å². The molecule has 10 nitrogen and oxygen atoms in total. The third-order valence-electron chi connectivity index (χ3n) is 9.07. The largest absolute Gasteiger partial charge is 0.494 e. The highest BCUT2D eigenvalue weighted by Crippen LogP contribution is 2.49. The van der Waals surface area contributed by atoms with Crippen molar-refractivity contribution in [3.8, 4) is 5.75 Å². The van der Waals surface area contributed by atoms with E-state index < -0.39 is 0 Å². The van der Waals surface area contributed by atoms with Gasteiger partial charge in [0.1, 0.15) is 11.3 Å². The van der Waals surface area contributed by atoms with Crippen molar-refractivity contribution in [2.24, 2.45) is 0 Å². The van der Waals surface area contributed by atoms with Crippen LogP contribution >= 0.6 is 34.8 Å². The molecular weight excluding hydrogens is 697 g/mol. The number of aromatic nitrogens is 4. The lowest BCUT2D eigenvalue weighted by Gasteiger charge is -2.37. The Bertz CT molecular complexity index is 1680. The molecule has 0 unspecified atom stereocenters. The summed E-state index contributed by atoms with van der Waals surface area (Å²) in [6, 6.07) is 9.17. The van der Waals surface area contributed by atoms with E-state index in [0.29, 0.717) is 17.9 Å². The van der Waals surface area contributed by atoms with E-state index in [1.54, 1.807) is 31.5 Å². The zero-order chi connectivity index (χ0) is 31.8. The van der Waals surface area contributed by atoms with Crippen molar-refractivity contribution in [1.29, 1.82) is 0 Å². The zero-order valence-electron chi connectivity index (χ0n) is 27.2. The summed E-state index contributed by atoms with van der Waals surface area (Å²) in [7, 11) is 10.2. The molecule has 0 N–H and O–H groups in total. The van der Waals surface area contributed by atoms with E-state index in [1.165, 1.54) is 11.3 Å². The van der Waals surface area contributed by atoms with Crippen molar-refractivity contribution in [2.45, 2.75) is 44.6 Å². The second-order valence-electron chi connectivity index (χ2n) is 12.1. The van der Waals surface area contributed by atoms with Crippen molar-refractivity contribution < 1.29 is 4.74 Å². The summed E-state index contributed by atoms with van der Waals surface area (Å²) in [5.74, 6) is 2.79. The molecule has 238 valence electrons. The predicted octanol–water partition coefficient (Wildman–Crippen LogP) is 7.11. The van der Waals surface area contributed by atoms with Crippen LogP contribution in [0.1, 0.15) is 42.7 Å². The number of fused-ring (bicyclic) bond motifs is 1. The number of hydrogen-bond acceptors (Lipinski definition) is 11. The molecule has 2 fully saturated rings. The molecule has 0 bridgehead atoms. The van der Waals surface area contributed by atoms with E-state index in [4.69, 9.17) is 19.7 Å². The summed E-state index contributed by atoms with van der Waals surface area (Å²) in [4.78, 5) is 26.3. The summed E-state index contributed by atoms with van der Waals surface area (Å²) in [6.45, 7) is 4.26. The Morgan fingerprint density at radius 2 is 1.69 bits per heavy atom. The highest BCUT2D eigenvalue weighted by molar-refractivity contribution is 14.1. The van der Waals surface area contributed by atoms with Gasteiger partial charge in [0.2, 0.25) is 5.95 Å². The average molecular weight is 740 g/mol. The summed E-state index contributed by atoms with van der Waals surface area (Å²) < 4.78 is 10.3. The monoisotopic (exact) mass is 739 g/mol. The molecule has 6 rings (SSSR count). The molecule has 12 heteroatoms. The number of rotatable bonds is 10. The lowest BCUT2D eigenvalue weighted by molar-refractivity contribution is 0.249. The smallest absolute Gasteiger partial charge is 0.231 e. The van der Waals surface area contributed by atoms with Crippen molar-refractivity contribution in [3.05, 3.63) is 54.0 Å². The van der Waals surface area contributed by atoms with Crippen molar-refractivity contribution in [3.63, 3.8) is 0 Å². The first kappa shape index (κ1) is 31.9. The lowest BCUT2D eigenvalue weighted by Crippen LogP contribution is -2.42. The van der Waals surface area contributed by atoms with Gasteiger partial charge in [-0.15, -0.1) is 0 Å². The van der Waals surface area contributed by atoms with Crippen LogP contribution in [0.15, 0.2) is 42.9 Å². The molecule has 0 amide bonds. The minimum atomic E-state index is 0.464. The highest BCUT2D eigenvalue weighted by atomic mass is 127. The number of nitrogens with zero attached hydrogens (tertiary/aromatic N) is 9. The lowest BCUT2D eigenvalue weighted by atomic mass is 10.0. The summed E-state index contributed by atoms with van der Waals surface area (Å²) in [5, 5.41) is 0. The maximum atomic E-state index is 5.98. The summed E-state index contributed by atoms with van der Waals surface area (Å²) in [6.07, 6.45) is 12.2. The minimum Gasteiger partial charge on any atom is -0.494 e. The normalized spacial score (nSPS) is 15.5. The van der Waals surface area contributed by atoms with E-state index in [2.05, 4.69) is 97.6 Å². The fourth-order valence-electron chi connectivity index (χ4n) is 6.22. The van der Waals surface area contributed by atoms with Gasteiger partial charge in [-0.3, -0.25) is 13.1 Å². The summed E-state index contributed by atoms with van der Waals surface area (Å²) >= 11 is 4.02. The number of halogens is 1. The van der Waals surface area contributed by atoms with Crippen LogP contribution in [0, 0.1) is 6.92 Å². The molecule has 0 atom stereocenters. The molecule has 2 aliphatic rings. The van der Waals surface area contributed by atoms with E-state index in [9.17, 15) is 0 Å². The number of aryl methyl sites for hydroxylation is 1. The van der Waals surface area contributed by atoms with E-state index in [0.717, 1.165) is 84.0 Å². The molecule has 4 aromatic rings. The molecule has 2 aromatic carbocycles. The molecule has 1 aliphatic heterocycles. The molecular formula is C33H42IN9OS. The Kier molecular flexibility index (Phi) is 9.44. The van der Waals surface area contributed by atoms with Crippen LogP contribution in [0.25, 0.3) is 11.0 Å². The van der Waals surface area contributed by atoms with Gasteiger partial charge in [-0.1, -0.05) is 11.9 Å². The molecule has 2 aromatic heterocycles. The van der Waals surface area contributed by atoms with Gasteiger partial charge in [0.25, 0.3) is 0 Å². The zero-order valence-corrected chi connectivity index (χ0v) is 30.1. The van der Waals surface area contributed by atoms with Crippen molar-refractivity contribution in [1.82, 2.24) is 24.8 Å². The first-order valence-electron chi connectivity index (χ1n) is 15.4. The van der Waals surface area contributed by atoms with Gasteiger partial charge in [-0.05, 0) is 76.4 Å². The van der Waals surface area contributed by atoms with Gasteiger partial charge in [0, 0.05) is 75.4 Å². The van der Waals surface area contributed by atoms with Crippen LogP contribution < -0.4 is 22.0 Å². The Hall–Kier alpha value is -3.10. The standard InChI is InChI=1S/C33H42IN9OS/c1-21-18-28(29(44-6)19-27(21)42-16-12-23(13-17-42)39(2)3)40(4)33-37-20-24(22-8-9-22)32(38-33)43(34)26-11-10-25-30(36-15-14-35-25)31(26)41(5)45-7/h10-11,14-15,18-20,22-23H,8-9,12-13,16-17H2,1-7H3. The van der Waals surface area contributed by atoms with Crippen LogP contribution in [0.3, 0.4) is 0 Å². The molecule has 0 radical (unpaired) electrons. The maximum Gasteiger partial charge on any atom is 0.231 e. The average Bonchev–Trinajstić information content (AvgIpc) is 3.92. The number of piperidine rings is 1. The second-order valence-corrected chi connectivity index (χ2v) is 14.0. The van der Waals surface area contributed by atoms with Gasteiger partial charge in [-0.25, -0.2) is 4.98 Å². The molecule has 1 aliphatic carbocycles. The van der Waals surface area contributed by atoms with Crippen molar-refractivity contribution >= 4 is 80.4 Å². The van der Waals surface area contributed by atoms with Gasteiger partial charge in [0.15, 0.2) is 5.82 Å². The number of hydrogen-bond donors (Lipinski definition) is 0. The fourth-order valence-corrected chi connectivity index (χ4v) is 7.36. The van der Waals surface area contributed by atoms with E-state index in [-0.39, 0.29) is 0 Å². The molecule has 3 heterocycles. The minimum absolute atomic E-state index is 0.464. The number of benzene rings is 2. The highest BCUT2D eigenvalue weighted by Gasteiger charge is 2.32. The molecule has 1 saturated carbocycles. The third-order valence-corrected chi connectivity index (χ3v) is 10.8. The SMILES string of the molecule is COc1cc(N2CCC(N(C)C)CC2)c(C)cc1N(C)c1ncc(C2CC2)c(N(I)c2ccc3nccnc3c2N(C)SC)n1. The van der Waals surface area contributed by atoms with Crippen LogP contribution in [0.4, 0.5) is 34.5 Å². The van der Waals surface area contributed by atoms with Crippen molar-refractivity contribution in [2.75, 3.05) is 71.9 Å². The maximum absolute atomic E-state index is 5.98. The van der Waals surface area contributed by atoms with Gasteiger partial charge >= 0.3 is 0 Å². The molecule has 1 saturated heterocycles. The Balaban J connectivity index is 1.37. The molecule has 45 heavy (non-hydrogen) atoms. The van der Waals surface area contributed by atoms with Crippen LogP contribution in [-0.4, -0.2) is 85.5 Å². The predicted molar refractivity (Wildman–Crippen MR) is 196 cm³/mol.